The van der Waals surface area contributed by atoms with Crippen molar-refractivity contribution in [3.05, 3.63) is 11.4 Å². The van der Waals surface area contributed by atoms with Gasteiger partial charge in [-0.3, -0.25) is 0 Å². The van der Waals surface area contributed by atoms with E-state index < -0.39 is 0 Å². The molecule has 0 bridgehead atoms. The summed E-state index contributed by atoms with van der Waals surface area (Å²) in [5.41, 5.74) is 9.15. The van der Waals surface area contributed by atoms with E-state index in [1.54, 1.807) is 0 Å². The molecule has 2 aromatic rings. The molecule has 84 valence electrons. The molecule has 0 aliphatic carbocycles. The molecule has 5 heteroatoms. The molecule has 2 aromatic heterocycles. The Morgan fingerprint density at radius 2 is 2.19 bits per heavy atom. The fourth-order valence-corrected chi connectivity index (χ4v) is 2.34. The van der Waals surface area contributed by atoms with Crippen LogP contribution in [0.5, 0.6) is 0 Å². The Bertz CT molecular complexity index is 569. The van der Waals surface area contributed by atoms with E-state index >= 15 is 0 Å². The molecule has 0 radical (unpaired) electrons. The van der Waals surface area contributed by atoms with Crippen LogP contribution in [0.3, 0.4) is 0 Å². The van der Waals surface area contributed by atoms with Crippen molar-refractivity contribution in [3.63, 3.8) is 0 Å². The number of nitrogen functional groups attached to an aromatic ring is 1. The zero-order valence-electron chi connectivity index (χ0n) is 9.54. The largest absolute Gasteiger partial charge is 0.382 e. The van der Waals surface area contributed by atoms with Crippen LogP contribution in [0.15, 0.2) is 0 Å². The Hall–Kier alpha value is -1.78. The first kappa shape index (κ1) is 9.45. The number of aromatic nitrogens is 3. The van der Waals surface area contributed by atoms with E-state index in [-0.39, 0.29) is 0 Å². The number of anilines is 2. The Morgan fingerprint density at radius 1 is 1.38 bits per heavy atom. The fraction of sp³-hybridized carbons (Fsp3) is 0.455. The first-order valence-electron chi connectivity index (χ1n) is 5.53. The summed E-state index contributed by atoms with van der Waals surface area (Å²) in [6.45, 7) is 2.96. The van der Waals surface area contributed by atoms with E-state index in [9.17, 15) is 0 Å². The minimum absolute atomic E-state index is 0.520. The van der Waals surface area contributed by atoms with Crippen LogP contribution in [-0.2, 0) is 13.5 Å². The van der Waals surface area contributed by atoms with Crippen LogP contribution in [-0.4, -0.2) is 21.1 Å². The standard InChI is InChI=1S/C11H15N5/c1-6-14-8-9(16(6)2)7-4-3-5-13-11(7)15-10(8)12/h3-5H2,1-2H3,(H3,12,13,15). The summed E-state index contributed by atoms with van der Waals surface area (Å²) in [6.07, 6.45) is 2.18. The lowest BCUT2D eigenvalue weighted by Crippen LogP contribution is -2.15. The Morgan fingerprint density at radius 3 is 3.00 bits per heavy atom. The van der Waals surface area contributed by atoms with Gasteiger partial charge in [0.15, 0.2) is 5.82 Å². The van der Waals surface area contributed by atoms with Crippen LogP contribution in [0.4, 0.5) is 11.6 Å². The third-order valence-corrected chi connectivity index (χ3v) is 3.26. The molecular weight excluding hydrogens is 202 g/mol. The van der Waals surface area contributed by atoms with Crippen molar-refractivity contribution >= 4 is 22.7 Å². The molecule has 0 saturated heterocycles. The van der Waals surface area contributed by atoms with Gasteiger partial charge in [0, 0.05) is 19.2 Å². The normalized spacial score (nSPS) is 14.9. The second-order valence-electron chi connectivity index (χ2n) is 4.27. The minimum atomic E-state index is 0.520. The average Bonchev–Trinajstić information content (AvgIpc) is 2.57. The molecule has 0 amide bonds. The van der Waals surface area contributed by atoms with Crippen LogP contribution in [0.2, 0.25) is 0 Å². The zero-order valence-corrected chi connectivity index (χ0v) is 9.54. The van der Waals surface area contributed by atoms with Gasteiger partial charge in [-0.25, -0.2) is 9.97 Å². The number of nitrogens with one attached hydrogen (secondary N) is 1. The van der Waals surface area contributed by atoms with Crippen LogP contribution in [0.1, 0.15) is 17.8 Å². The molecule has 3 rings (SSSR count). The van der Waals surface area contributed by atoms with Crippen molar-refractivity contribution in [3.8, 4) is 0 Å². The molecule has 5 nitrogen and oxygen atoms in total. The summed E-state index contributed by atoms with van der Waals surface area (Å²) in [6, 6.07) is 0. The maximum absolute atomic E-state index is 5.94. The van der Waals surface area contributed by atoms with E-state index in [4.69, 9.17) is 5.73 Å². The fourth-order valence-electron chi connectivity index (χ4n) is 2.34. The number of aryl methyl sites for hydroxylation is 3. The predicted molar refractivity (Wildman–Crippen MR) is 64.5 cm³/mol. The van der Waals surface area contributed by atoms with Crippen LogP contribution in [0.25, 0.3) is 11.0 Å². The van der Waals surface area contributed by atoms with Crippen molar-refractivity contribution in [1.82, 2.24) is 14.5 Å². The van der Waals surface area contributed by atoms with Crippen molar-refractivity contribution in [2.75, 3.05) is 17.6 Å². The van der Waals surface area contributed by atoms with Gasteiger partial charge < -0.3 is 15.6 Å². The van der Waals surface area contributed by atoms with Gasteiger partial charge in [-0.15, -0.1) is 0 Å². The topological polar surface area (TPSA) is 68.8 Å². The SMILES string of the molecule is Cc1nc2c(N)nc3c(c2n1C)CCCN3. The van der Waals surface area contributed by atoms with Crippen molar-refractivity contribution in [2.45, 2.75) is 19.8 Å². The highest BCUT2D eigenvalue weighted by molar-refractivity contribution is 5.91. The lowest BCUT2D eigenvalue weighted by Gasteiger charge is -2.18. The number of nitrogens with zero attached hydrogens (tertiary/aromatic N) is 3. The van der Waals surface area contributed by atoms with Gasteiger partial charge in [0.25, 0.3) is 0 Å². The van der Waals surface area contributed by atoms with Crippen LogP contribution >= 0.6 is 0 Å². The first-order chi connectivity index (χ1) is 7.68. The van der Waals surface area contributed by atoms with Gasteiger partial charge in [-0.1, -0.05) is 0 Å². The average molecular weight is 217 g/mol. The molecule has 1 aliphatic heterocycles. The maximum Gasteiger partial charge on any atom is 0.154 e. The Kier molecular flexibility index (Phi) is 1.83. The highest BCUT2D eigenvalue weighted by Crippen LogP contribution is 2.31. The molecule has 0 saturated carbocycles. The third kappa shape index (κ3) is 1.11. The molecule has 1 aliphatic rings. The number of hydrogen-bond donors (Lipinski definition) is 2. The molecular formula is C11H15N5. The lowest BCUT2D eigenvalue weighted by molar-refractivity contribution is 0.811. The molecule has 0 spiro atoms. The van der Waals surface area contributed by atoms with E-state index in [1.807, 2.05) is 14.0 Å². The quantitative estimate of drug-likeness (QED) is 0.696. The van der Waals surface area contributed by atoms with Gasteiger partial charge in [0.1, 0.15) is 17.2 Å². The maximum atomic E-state index is 5.94. The van der Waals surface area contributed by atoms with Gasteiger partial charge >= 0.3 is 0 Å². The van der Waals surface area contributed by atoms with Gasteiger partial charge in [-0.2, -0.15) is 0 Å². The Balaban J connectivity index is 2.44. The zero-order chi connectivity index (χ0) is 11.3. The summed E-state index contributed by atoms with van der Waals surface area (Å²) < 4.78 is 2.10. The van der Waals surface area contributed by atoms with E-state index in [1.165, 1.54) is 5.56 Å². The van der Waals surface area contributed by atoms with Crippen molar-refractivity contribution < 1.29 is 0 Å². The second-order valence-corrected chi connectivity index (χ2v) is 4.27. The number of pyridine rings is 1. The lowest BCUT2D eigenvalue weighted by atomic mass is 10.1. The molecule has 3 heterocycles. The first-order valence-corrected chi connectivity index (χ1v) is 5.53. The second kappa shape index (κ2) is 3.10. The molecule has 0 atom stereocenters. The summed E-state index contributed by atoms with van der Waals surface area (Å²) in [4.78, 5) is 8.86. The molecule has 3 N–H and O–H groups in total. The number of hydrogen-bond acceptors (Lipinski definition) is 4. The summed E-state index contributed by atoms with van der Waals surface area (Å²) in [7, 11) is 2.03. The van der Waals surface area contributed by atoms with Crippen molar-refractivity contribution in [2.24, 2.45) is 7.05 Å². The van der Waals surface area contributed by atoms with Crippen LogP contribution < -0.4 is 11.1 Å². The predicted octanol–water partition coefficient (Wildman–Crippen LogP) is 1.22. The highest BCUT2D eigenvalue weighted by atomic mass is 15.1. The van der Waals surface area contributed by atoms with E-state index in [0.29, 0.717) is 5.82 Å². The summed E-state index contributed by atoms with van der Waals surface area (Å²) >= 11 is 0. The molecule has 0 fully saturated rings. The molecule has 0 aromatic carbocycles. The van der Waals surface area contributed by atoms with E-state index in [2.05, 4.69) is 19.9 Å². The summed E-state index contributed by atoms with van der Waals surface area (Å²) in [5.74, 6) is 2.42. The number of rotatable bonds is 0. The molecule has 0 unspecified atom stereocenters. The van der Waals surface area contributed by atoms with Gasteiger partial charge in [0.05, 0.1) is 5.52 Å². The molecule has 16 heavy (non-hydrogen) atoms. The monoisotopic (exact) mass is 217 g/mol. The smallest absolute Gasteiger partial charge is 0.154 e. The van der Waals surface area contributed by atoms with Crippen LogP contribution in [0, 0.1) is 6.92 Å². The summed E-state index contributed by atoms with van der Waals surface area (Å²) in [5, 5.41) is 3.30. The number of imidazole rings is 1. The van der Waals surface area contributed by atoms with Gasteiger partial charge in [0.2, 0.25) is 0 Å². The third-order valence-electron chi connectivity index (χ3n) is 3.26. The van der Waals surface area contributed by atoms with Gasteiger partial charge in [-0.05, 0) is 19.8 Å². The van der Waals surface area contributed by atoms with Crippen molar-refractivity contribution in [1.29, 1.82) is 0 Å². The minimum Gasteiger partial charge on any atom is -0.382 e. The highest BCUT2D eigenvalue weighted by Gasteiger charge is 2.19. The number of nitrogens with two attached hydrogens (primary N) is 1. The van der Waals surface area contributed by atoms with E-state index in [0.717, 1.165) is 42.1 Å². The Labute approximate surface area is 93.7 Å². The number of fused-ring (bicyclic) bond motifs is 3.